The first-order chi connectivity index (χ1) is 8.51. The molecule has 0 bridgehead atoms. The summed E-state index contributed by atoms with van der Waals surface area (Å²) < 4.78 is 18.3. The van der Waals surface area contributed by atoms with Crippen LogP contribution in [0.25, 0.3) is 0 Å². The van der Waals surface area contributed by atoms with Gasteiger partial charge in [0.25, 0.3) is 5.91 Å². The Morgan fingerprint density at radius 1 is 1.50 bits per heavy atom. The molecule has 0 radical (unpaired) electrons. The molecule has 0 aliphatic carbocycles. The number of methoxy groups -OCH3 is 1. The topological polar surface area (TPSA) is 49.8 Å². The van der Waals surface area contributed by atoms with Crippen LogP contribution in [0.3, 0.4) is 0 Å². The van der Waals surface area contributed by atoms with Gasteiger partial charge >= 0.3 is 0 Å². The van der Waals surface area contributed by atoms with E-state index >= 15 is 0 Å². The Labute approximate surface area is 106 Å². The van der Waals surface area contributed by atoms with Crippen molar-refractivity contribution in [2.24, 2.45) is 0 Å². The minimum absolute atomic E-state index is 0.0604. The van der Waals surface area contributed by atoms with Crippen LogP contribution in [0.1, 0.15) is 24.2 Å². The van der Waals surface area contributed by atoms with Gasteiger partial charge in [-0.1, -0.05) is 0 Å². The number of carbonyl (C=O) groups is 1. The molecule has 0 aliphatic rings. The molecule has 0 heterocycles. The normalized spacial score (nSPS) is 10.6. The van der Waals surface area contributed by atoms with Crippen LogP contribution in [0, 0.1) is 5.82 Å². The van der Waals surface area contributed by atoms with Crippen molar-refractivity contribution in [2.75, 3.05) is 20.3 Å². The van der Waals surface area contributed by atoms with Crippen LogP contribution in [-0.4, -0.2) is 42.2 Å². The number of rotatable bonds is 5. The van der Waals surface area contributed by atoms with E-state index in [9.17, 15) is 9.18 Å². The van der Waals surface area contributed by atoms with Gasteiger partial charge in [-0.3, -0.25) is 4.79 Å². The van der Waals surface area contributed by atoms with E-state index in [2.05, 4.69) is 0 Å². The van der Waals surface area contributed by atoms with Crippen molar-refractivity contribution in [3.63, 3.8) is 0 Å². The molecule has 0 fully saturated rings. The van der Waals surface area contributed by atoms with Crippen molar-refractivity contribution in [2.45, 2.75) is 19.9 Å². The SMILES string of the molecule is COc1ccc(C(=O)N(CCO)C(C)C)cc1F. The van der Waals surface area contributed by atoms with Gasteiger partial charge in [0, 0.05) is 18.2 Å². The molecule has 1 N–H and O–H groups in total. The molecular formula is C13H18FNO3. The van der Waals surface area contributed by atoms with Crippen LogP contribution in [-0.2, 0) is 0 Å². The van der Waals surface area contributed by atoms with Crippen LogP contribution in [0.15, 0.2) is 18.2 Å². The highest BCUT2D eigenvalue weighted by Crippen LogP contribution is 2.19. The minimum Gasteiger partial charge on any atom is -0.494 e. The molecule has 0 saturated carbocycles. The highest BCUT2D eigenvalue weighted by molar-refractivity contribution is 5.94. The van der Waals surface area contributed by atoms with Crippen molar-refractivity contribution in [1.29, 1.82) is 0 Å². The summed E-state index contributed by atoms with van der Waals surface area (Å²) in [6.45, 7) is 3.79. The summed E-state index contributed by atoms with van der Waals surface area (Å²) in [7, 11) is 1.37. The third-order valence-corrected chi connectivity index (χ3v) is 2.62. The number of amides is 1. The largest absolute Gasteiger partial charge is 0.494 e. The van der Waals surface area contributed by atoms with Crippen molar-refractivity contribution >= 4 is 5.91 Å². The molecule has 0 saturated heterocycles. The maximum Gasteiger partial charge on any atom is 0.254 e. The lowest BCUT2D eigenvalue weighted by atomic mass is 10.1. The Morgan fingerprint density at radius 3 is 2.61 bits per heavy atom. The highest BCUT2D eigenvalue weighted by atomic mass is 19.1. The van der Waals surface area contributed by atoms with E-state index in [1.54, 1.807) is 0 Å². The van der Waals surface area contributed by atoms with E-state index in [0.717, 1.165) is 6.07 Å². The molecule has 0 aliphatic heterocycles. The summed E-state index contributed by atoms with van der Waals surface area (Å²) in [6, 6.07) is 4.01. The Bertz CT molecular complexity index is 421. The standard InChI is InChI=1S/C13H18FNO3/c1-9(2)15(6-7-16)13(17)10-4-5-12(18-3)11(14)8-10/h4-5,8-9,16H,6-7H2,1-3H3. The van der Waals surface area contributed by atoms with Crippen LogP contribution in [0.4, 0.5) is 4.39 Å². The molecule has 18 heavy (non-hydrogen) atoms. The monoisotopic (exact) mass is 255 g/mol. The molecule has 1 aromatic rings. The number of nitrogens with zero attached hydrogens (tertiary/aromatic N) is 1. The zero-order valence-electron chi connectivity index (χ0n) is 10.8. The fourth-order valence-electron chi connectivity index (χ4n) is 1.67. The van der Waals surface area contributed by atoms with Crippen molar-refractivity contribution in [3.8, 4) is 5.75 Å². The van der Waals surface area contributed by atoms with E-state index in [0.29, 0.717) is 0 Å². The van der Waals surface area contributed by atoms with Gasteiger partial charge < -0.3 is 14.7 Å². The molecule has 0 unspecified atom stereocenters. The zero-order chi connectivity index (χ0) is 13.7. The smallest absolute Gasteiger partial charge is 0.254 e. The lowest BCUT2D eigenvalue weighted by Gasteiger charge is -2.26. The Kier molecular flexibility index (Phi) is 5.09. The molecular weight excluding hydrogens is 237 g/mol. The first-order valence-corrected chi connectivity index (χ1v) is 5.76. The number of hydrogen-bond acceptors (Lipinski definition) is 3. The summed E-state index contributed by atoms with van der Waals surface area (Å²) in [4.78, 5) is 13.6. The van der Waals surface area contributed by atoms with E-state index in [1.807, 2.05) is 13.8 Å². The van der Waals surface area contributed by atoms with E-state index in [1.165, 1.54) is 24.1 Å². The Morgan fingerprint density at radius 2 is 2.17 bits per heavy atom. The third kappa shape index (κ3) is 3.20. The van der Waals surface area contributed by atoms with Gasteiger partial charge in [-0.15, -0.1) is 0 Å². The summed E-state index contributed by atoms with van der Waals surface area (Å²) in [5.74, 6) is -0.776. The summed E-state index contributed by atoms with van der Waals surface area (Å²) in [5.41, 5.74) is 0.246. The summed E-state index contributed by atoms with van der Waals surface area (Å²) in [5, 5.41) is 8.93. The number of hydrogen-bond donors (Lipinski definition) is 1. The van der Waals surface area contributed by atoms with E-state index in [4.69, 9.17) is 9.84 Å². The van der Waals surface area contributed by atoms with Crippen LogP contribution >= 0.6 is 0 Å². The van der Waals surface area contributed by atoms with Gasteiger partial charge in [-0.05, 0) is 32.0 Å². The number of aliphatic hydroxyl groups is 1. The Balaban J connectivity index is 2.98. The zero-order valence-corrected chi connectivity index (χ0v) is 10.8. The molecule has 5 heteroatoms. The van der Waals surface area contributed by atoms with E-state index < -0.39 is 5.82 Å². The van der Waals surface area contributed by atoms with Gasteiger partial charge in [-0.2, -0.15) is 0 Å². The van der Waals surface area contributed by atoms with Crippen LogP contribution < -0.4 is 4.74 Å². The average Bonchev–Trinajstić information content (AvgIpc) is 2.34. The predicted molar refractivity (Wildman–Crippen MR) is 66.2 cm³/mol. The maximum atomic E-state index is 13.5. The fourth-order valence-corrected chi connectivity index (χ4v) is 1.67. The second-order valence-corrected chi connectivity index (χ2v) is 4.17. The minimum atomic E-state index is -0.573. The number of benzene rings is 1. The quantitative estimate of drug-likeness (QED) is 0.870. The van der Waals surface area contributed by atoms with Crippen molar-refractivity contribution in [1.82, 2.24) is 4.90 Å². The molecule has 0 atom stereocenters. The van der Waals surface area contributed by atoms with Crippen LogP contribution in [0.5, 0.6) is 5.75 Å². The first kappa shape index (κ1) is 14.4. The fraction of sp³-hybridized carbons (Fsp3) is 0.462. The van der Waals surface area contributed by atoms with Gasteiger partial charge in [0.05, 0.1) is 13.7 Å². The number of carbonyl (C=O) groups excluding carboxylic acids is 1. The van der Waals surface area contributed by atoms with Gasteiger partial charge in [0.15, 0.2) is 11.6 Å². The molecule has 100 valence electrons. The van der Waals surface area contributed by atoms with Crippen LogP contribution in [0.2, 0.25) is 0 Å². The lowest BCUT2D eigenvalue weighted by Crippen LogP contribution is -2.39. The highest BCUT2D eigenvalue weighted by Gasteiger charge is 2.19. The van der Waals surface area contributed by atoms with Gasteiger partial charge in [0.1, 0.15) is 0 Å². The molecule has 4 nitrogen and oxygen atoms in total. The summed E-state index contributed by atoms with van der Waals surface area (Å²) >= 11 is 0. The summed E-state index contributed by atoms with van der Waals surface area (Å²) in [6.07, 6.45) is 0. The van der Waals surface area contributed by atoms with E-state index in [-0.39, 0.29) is 36.4 Å². The molecule has 1 aromatic carbocycles. The number of aliphatic hydroxyl groups excluding tert-OH is 1. The number of halogens is 1. The third-order valence-electron chi connectivity index (χ3n) is 2.62. The maximum absolute atomic E-state index is 13.5. The van der Waals surface area contributed by atoms with Crippen molar-refractivity contribution in [3.05, 3.63) is 29.6 Å². The second kappa shape index (κ2) is 6.35. The predicted octanol–water partition coefficient (Wildman–Crippen LogP) is 1.68. The lowest BCUT2D eigenvalue weighted by molar-refractivity contribution is 0.0665. The average molecular weight is 255 g/mol. The second-order valence-electron chi connectivity index (χ2n) is 4.17. The van der Waals surface area contributed by atoms with Gasteiger partial charge in [-0.25, -0.2) is 4.39 Å². The Hall–Kier alpha value is -1.62. The van der Waals surface area contributed by atoms with Crippen molar-refractivity contribution < 1.29 is 19.0 Å². The molecule has 0 spiro atoms. The van der Waals surface area contributed by atoms with Gasteiger partial charge in [0.2, 0.25) is 0 Å². The molecule has 1 rings (SSSR count). The molecule has 0 aromatic heterocycles. The first-order valence-electron chi connectivity index (χ1n) is 5.76. The molecule has 1 amide bonds. The number of ether oxygens (including phenoxy) is 1.